The van der Waals surface area contributed by atoms with Gasteiger partial charge >= 0.3 is 5.97 Å². The van der Waals surface area contributed by atoms with Gasteiger partial charge in [-0.2, -0.15) is 0 Å². The van der Waals surface area contributed by atoms with Crippen LogP contribution in [0.4, 0.5) is 11.4 Å². The number of aryl methyl sites for hydroxylation is 1. The van der Waals surface area contributed by atoms with Gasteiger partial charge in [0, 0.05) is 18.2 Å². The Morgan fingerprint density at radius 2 is 1.85 bits per heavy atom. The number of sulfonamides is 1. The summed E-state index contributed by atoms with van der Waals surface area (Å²) in [7, 11) is -3.44. The molecule has 8 nitrogen and oxygen atoms in total. The summed E-state index contributed by atoms with van der Waals surface area (Å²) in [5.74, 6) is -1.72. The van der Waals surface area contributed by atoms with Crippen molar-refractivity contribution in [3.05, 3.63) is 47.4 Å². The highest BCUT2D eigenvalue weighted by Crippen LogP contribution is 2.20. The number of carbonyl (C=O) groups excluding carboxylic acids is 1. The van der Waals surface area contributed by atoms with Crippen molar-refractivity contribution >= 4 is 33.3 Å². The monoisotopic (exact) mass is 380 g/mol. The molecule has 0 unspecified atom stereocenters. The highest BCUT2D eigenvalue weighted by molar-refractivity contribution is 7.92. The number of anilines is 2. The van der Waals surface area contributed by atoms with Gasteiger partial charge in [-0.1, -0.05) is 19.9 Å². The van der Waals surface area contributed by atoms with Crippen molar-refractivity contribution in [3.63, 3.8) is 0 Å². The molecule has 2 aromatic rings. The second kappa shape index (κ2) is 8.05. The minimum atomic E-state index is -3.44. The van der Waals surface area contributed by atoms with Crippen molar-refractivity contribution < 1.29 is 27.5 Å². The molecule has 1 aromatic carbocycles. The van der Waals surface area contributed by atoms with E-state index in [0.29, 0.717) is 24.2 Å². The third-order valence-electron chi connectivity index (χ3n) is 3.45. The number of aromatic carboxylic acids is 1. The normalized spacial score (nSPS) is 11.2. The Labute approximate surface area is 151 Å². The van der Waals surface area contributed by atoms with Crippen molar-refractivity contribution in [2.75, 3.05) is 15.8 Å². The molecule has 0 aliphatic heterocycles. The molecule has 140 valence electrons. The number of hydrogen-bond donors (Lipinski definition) is 3. The molecule has 0 saturated carbocycles. The van der Waals surface area contributed by atoms with Gasteiger partial charge in [0.05, 0.1) is 11.4 Å². The predicted molar refractivity (Wildman–Crippen MR) is 97.1 cm³/mol. The fourth-order valence-electron chi connectivity index (χ4n) is 2.34. The summed E-state index contributed by atoms with van der Waals surface area (Å²) in [5, 5.41) is 11.7. The summed E-state index contributed by atoms with van der Waals surface area (Å²) in [6.07, 6.45) is 0.819. The van der Waals surface area contributed by atoms with Crippen LogP contribution in [0.25, 0.3) is 0 Å². The van der Waals surface area contributed by atoms with E-state index >= 15 is 0 Å². The lowest BCUT2D eigenvalue weighted by Gasteiger charge is -2.09. The molecule has 0 atom stereocenters. The fourth-order valence-corrected chi connectivity index (χ4v) is 3.46. The second-order valence-corrected chi connectivity index (χ2v) is 7.40. The van der Waals surface area contributed by atoms with Gasteiger partial charge in [0.15, 0.2) is 5.76 Å². The van der Waals surface area contributed by atoms with Crippen LogP contribution in [0.3, 0.4) is 0 Å². The molecule has 9 heteroatoms. The maximum Gasteiger partial charge on any atom is 0.339 e. The maximum atomic E-state index is 12.3. The largest absolute Gasteiger partial charge is 0.478 e. The molecule has 3 N–H and O–H groups in total. The number of carboxylic acids is 1. The average molecular weight is 380 g/mol. The Balaban J connectivity index is 2.17. The molecule has 1 amide bonds. The number of carboxylic acid groups (broad SMARTS) is 1. The van der Waals surface area contributed by atoms with Gasteiger partial charge in [-0.05, 0) is 24.6 Å². The first-order valence-electron chi connectivity index (χ1n) is 8.03. The van der Waals surface area contributed by atoms with E-state index < -0.39 is 21.9 Å². The summed E-state index contributed by atoms with van der Waals surface area (Å²) < 4.78 is 31.4. The number of carbonyl (C=O) groups is 2. The van der Waals surface area contributed by atoms with E-state index in [4.69, 9.17) is 9.52 Å². The summed E-state index contributed by atoms with van der Waals surface area (Å²) >= 11 is 0. The molecule has 0 spiro atoms. The molecule has 0 fully saturated rings. The number of benzene rings is 1. The van der Waals surface area contributed by atoms with E-state index in [2.05, 4.69) is 10.0 Å². The summed E-state index contributed by atoms with van der Waals surface area (Å²) in [6.45, 7) is 3.48. The smallest absolute Gasteiger partial charge is 0.339 e. The van der Waals surface area contributed by atoms with Gasteiger partial charge in [-0.15, -0.1) is 0 Å². The first kappa shape index (κ1) is 19.5. The quantitative estimate of drug-likeness (QED) is 0.646. The molecule has 26 heavy (non-hydrogen) atoms. The Hall–Kier alpha value is -2.81. The Morgan fingerprint density at radius 3 is 2.42 bits per heavy atom. The Kier molecular flexibility index (Phi) is 6.04. The number of rotatable bonds is 8. The zero-order chi connectivity index (χ0) is 19.3. The third-order valence-corrected chi connectivity index (χ3v) is 4.94. The van der Waals surface area contributed by atoms with Crippen LogP contribution < -0.4 is 10.0 Å². The molecule has 0 aliphatic carbocycles. The first-order valence-corrected chi connectivity index (χ1v) is 9.68. The molecular weight excluding hydrogens is 360 g/mol. The highest BCUT2D eigenvalue weighted by Gasteiger charge is 2.20. The van der Waals surface area contributed by atoms with Crippen LogP contribution in [-0.4, -0.2) is 31.2 Å². The molecule has 0 aliphatic rings. The lowest BCUT2D eigenvalue weighted by Crippen LogP contribution is -2.16. The molecule has 2 rings (SSSR count). The van der Waals surface area contributed by atoms with Crippen LogP contribution in [0.1, 0.15) is 46.9 Å². The van der Waals surface area contributed by atoms with Gasteiger partial charge < -0.3 is 14.8 Å². The van der Waals surface area contributed by atoms with Crippen molar-refractivity contribution in [1.29, 1.82) is 0 Å². The Morgan fingerprint density at radius 1 is 1.15 bits per heavy atom. The number of hydrogen-bond acceptors (Lipinski definition) is 5. The van der Waals surface area contributed by atoms with Crippen molar-refractivity contribution in [2.45, 2.75) is 26.7 Å². The van der Waals surface area contributed by atoms with Crippen molar-refractivity contribution in [2.24, 2.45) is 0 Å². The minimum absolute atomic E-state index is 0.00621. The van der Waals surface area contributed by atoms with Crippen LogP contribution in [0, 0.1) is 0 Å². The van der Waals surface area contributed by atoms with Crippen molar-refractivity contribution in [1.82, 2.24) is 0 Å². The standard InChI is InChI=1S/C17H20N2O6S/c1-3-8-26(23,24)19-12-7-5-6-11(9-12)18-16(20)15-10-13(17(21)22)14(4-2)25-15/h5-7,9-10,19H,3-4,8H2,1-2H3,(H,18,20)(H,21,22). The fraction of sp³-hybridized carbons (Fsp3) is 0.294. The predicted octanol–water partition coefficient (Wildman–Crippen LogP) is 2.94. The zero-order valence-corrected chi connectivity index (χ0v) is 15.2. The minimum Gasteiger partial charge on any atom is -0.478 e. The van der Waals surface area contributed by atoms with Gasteiger partial charge in [-0.25, -0.2) is 13.2 Å². The Bertz CT molecular complexity index is 917. The van der Waals surface area contributed by atoms with E-state index in [1.807, 2.05) is 0 Å². The van der Waals surface area contributed by atoms with Gasteiger partial charge in [-0.3, -0.25) is 9.52 Å². The maximum absolute atomic E-state index is 12.3. The third kappa shape index (κ3) is 4.85. The molecule has 1 heterocycles. The second-order valence-electron chi connectivity index (χ2n) is 5.56. The molecule has 0 saturated heterocycles. The van der Waals surface area contributed by atoms with E-state index in [9.17, 15) is 18.0 Å². The first-order chi connectivity index (χ1) is 12.3. The van der Waals surface area contributed by atoms with Gasteiger partial charge in [0.25, 0.3) is 5.91 Å². The van der Waals surface area contributed by atoms with Crippen LogP contribution in [-0.2, 0) is 16.4 Å². The zero-order valence-electron chi connectivity index (χ0n) is 14.4. The average Bonchev–Trinajstić information content (AvgIpc) is 2.99. The lowest BCUT2D eigenvalue weighted by molar-refractivity contribution is 0.0694. The van der Waals surface area contributed by atoms with Crippen LogP contribution in [0.5, 0.6) is 0 Å². The van der Waals surface area contributed by atoms with E-state index in [1.165, 1.54) is 12.1 Å². The molecular formula is C17H20N2O6S. The SMILES string of the molecule is CCCS(=O)(=O)Nc1cccc(NC(=O)c2cc(C(=O)O)c(CC)o2)c1. The molecule has 1 aromatic heterocycles. The number of amides is 1. The summed E-state index contributed by atoms with van der Waals surface area (Å²) in [5.41, 5.74) is 0.605. The number of furan rings is 1. The van der Waals surface area contributed by atoms with Gasteiger partial charge in [0.2, 0.25) is 10.0 Å². The topological polar surface area (TPSA) is 126 Å². The number of nitrogens with one attached hydrogen (secondary N) is 2. The van der Waals surface area contributed by atoms with Gasteiger partial charge in [0.1, 0.15) is 11.3 Å². The highest BCUT2D eigenvalue weighted by atomic mass is 32.2. The summed E-state index contributed by atoms with van der Waals surface area (Å²) in [6, 6.07) is 7.36. The van der Waals surface area contributed by atoms with Crippen molar-refractivity contribution in [3.8, 4) is 0 Å². The van der Waals surface area contributed by atoms with E-state index in [-0.39, 0.29) is 22.8 Å². The van der Waals surface area contributed by atoms with Crippen LogP contribution in [0.2, 0.25) is 0 Å². The molecule has 0 bridgehead atoms. The van der Waals surface area contributed by atoms with Crippen LogP contribution in [0.15, 0.2) is 34.7 Å². The summed E-state index contributed by atoms with van der Waals surface area (Å²) in [4.78, 5) is 23.4. The van der Waals surface area contributed by atoms with Crippen LogP contribution >= 0.6 is 0 Å². The van der Waals surface area contributed by atoms with E-state index in [1.54, 1.807) is 32.0 Å². The van der Waals surface area contributed by atoms with E-state index in [0.717, 1.165) is 0 Å². The molecule has 0 radical (unpaired) electrons. The lowest BCUT2D eigenvalue weighted by atomic mass is 10.2.